The van der Waals surface area contributed by atoms with Crippen LogP contribution in [0.25, 0.3) is 0 Å². The van der Waals surface area contributed by atoms with Crippen molar-refractivity contribution in [2.75, 3.05) is 0 Å². The molecule has 1 aromatic heterocycles. The normalized spacial score (nSPS) is 12.6. The predicted molar refractivity (Wildman–Crippen MR) is 68.2 cm³/mol. The summed E-state index contributed by atoms with van der Waals surface area (Å²) in [5.41, 5.74) is 1.22. The molecule has 0 bridgehead atoms. The Balaban J connectivity index is 1.98. The van der Waals surface area contributed by atoms with Crippen molar-refractivity contribution < 1.29 is 0 Å². The van der Waals surface area contributed by atoms with Gasteiger partial charge in [0.15, 0.2) is 5.82 Å². The van der Waals surface area contributed by atoms with Crippen molar-refractivity contribution in [2.24, 2.45) is 7.05 Å². The summed E-state index contributed by atoms with van der Waals surface area (Å²) in [5, 5.41) is 15.2. The molecule has 17 heavy (non-hydrogen) atoms. The number of rotatable bonds is 4. The minimum Gasteiger partial charge on any atom is -0.303 e. The Morgan fingerprint density at radius 3 is 2.82 bits per heavy atom. The van der Waals surface area contributed by atoms with E-state index in [9.17, 15) is 0 Å². The zero-order valence-corrected chi connectivity index (χ0v) is 11.3. The molecule has 2 rings (SSSR count). The second-order valence-corrected chi connectivity index (χ2v) is 4.67. The minimum atomic E-state index is 0.231. The van der Waals surface area contributed by atoms with Gasteiger partial charge in [0, 0.05) is 10.5 Å². The van der Waals surface area contributed by atoms with Crippen LogP contribution in [0.15, 0.2) is 28.7 Å². The standard InChI is InChI=1S/C11H14BrN5/c1-8(9-5-3-4-6-10(9)12)13-7-11-14-16-17(2)15-11/h3-6,8,13H,7H2,1-2H3/t8-/m0/s1. The van der Waals surface area contributed by atoms with Crippen LogP contribution in [0.3, 0.4) is 0 Å². The third-order valence-electron chi connectivity index (χ3n) is 2.49. The fraction of sp³-hybridized carbons (Fsp3) is 0.364. The third kappa shape index (κ3) is 3.10. The van der Waals surface area contributed by atoms with Gasteiger partial charge in [0.25, 0.3) is 0 Å². The number of nitrogens with one attached hydrogen (secondary N) is 1. The molecule has 0 unspecified atom stereocenters. The van der Waals surface area contributed by atoms with Gasteiger partial charge in [-0.25, -0.2) is 0 Å². The van der Waals surface area contributed by atoms with Crippen molar-refractivity contribution in [2.45, 2.75) is 19.5 Å². The van der Waals surface area contributed by atoms with Crippen LogP contribution in [0.5, 0.6) is 0 Å². The van der Waals surface area contributed by atoms with Crippen LogP contribution in [-0.4, -0.2) is 20.2 Å². The summed E-state index contributed by atoms with van der Waals surface area (Å²) < 4.78 is 1.10. The molecule has 0 radical (unpaired) electrons. The molecule has 1 N–H and O–H groups in total. The maximum atomic E-state index is 4.12. The number of nitrogens with zero attached hydrogens (tertiary/aromatic N) is 4. The van der Waals surface area contributed by atoms with Crippen LogP contribution in [-0.2, 0) is 13.6 Å². The summed E-state index contributed by atoms with van der Waals surface area (Å²) in [6, 6.07) is 8.39. The van der Waals surface area contributed by atoms with Crippen LogP contribution >= 0.6 is 15.9 Å². The number of benzene rings is 1. The maximum Gasteiger partial charge on any atom is 0.188 e. The quantitative estimate of drug-likeness (QED) is 0.935. The fourth-order valence-corrected chi connectivity index (χ4v) is 2.20. The summed E-state index contributed by atoms with van der Waals surface area (Å²) in [7, 11) is 1.76. The maximum absolute atomic E-state index is 4.12. The monoisotopic (exact) mass is 295 g/mol. The van der Waals surface area contributed by atoms with Gasteiger partial charge in [-0.3, -0.25) is 0 Å². The average molecular weight is 296 g/mol. The Labute approximate surface area is 108 Å². The zero-order chi connectivity index (χ0) is 12.3. The van der Waals surface area contributed by atoms with Crippen LogP contribution in [0.1, 0.15) is 24.4 Å². The van der Waals surface area contributed by atoms with Gasteiger partial charge in [-0.05, 0) is 23.8 Å². The van der Waals surface area contributed by atoms with Crippen molar-refractivity contribution in [1.29, 1.82) is 0 Å². The lowest BCUT2D eigenvalue weighted by Gasteiger charge is -2.14. The Bertz CT molecular complexity index is 496. The van der Waals surface area contributed by atoms with Gasteiger partial charge < -0.3 is 5.32 Å². The highest BCUT2D eigenvalue weighted by molar-refractivity contribution is 9.10. The van der Waals surface area contributed by atoms with E-state index in [1.165, 1.54) is 10.4 Å². The van der Waals surface area contributed by atoms with Gasteiger partial charge in [-0.15, -0.1) is 10.2 Å². The van der Waals surface area contributed by atoms with Crippen molar-refractivity contribution in [3.8, 4) is 0 Å². The first-order chi connectivity index (χ1) is 8.16. The Morgan fingerprint density at radius 1 is 1.41 bits per heavy atom. The van der Waals surface area contributed by atoms with Crippen LogP contribution in [0, 0.1) is 0 Å². The molecule has 5 nitrogen and oxygen atoms in total. The van der Waals surface area contributed by atoms with Gasteiger partial charge in [-0.1, -0.05) is 34.1 Å². The zero-order valence-electron chi connectivity index (χ0n) is 9.76. The molecule has 1 heterocycles. The fourth-order valence-electron chi connectivity index (χ4n) is 1.57. The predicted octanol–water partition coefficient (Wildman–Crippen LogP) is 1.82. The highest BCUT2D eigenvalue weighted by Gasteiger charge is 2.09. The summed E-state index contributed by atoms with van der Waals surface area (Å²) in [4.78, 5) is 1.46. The molecule has 0 saturated carbocycles. The SMILES string of the molecule is C[C@H](NCc1nnn(C)n1)c1ccccc1Br. The van der Waals surface area contributed by atoms with E-state index in [0.29, 0.717) is 12.4 Å². The lowest BCUT2D eigenvalue weighted by molar-refractivity contribution is 0.554. The molecular formula is C11H14BrN5. The number of aryl methyl sites for hydroxylation is 1. The number of tetrazole rings is 1. The molecule has 2 aromatic rings. The Kier molecular flexibility index (Phi) is 3.86. The van der Waals surface area contributed by atoms with Crippen molar-refractivity contribution in [1.82, 2.24) is 25.5 Å². The van der Waals surface area contributed by atoms with Gasteiger partial charge in [0.05, 0.1) is 13.6 Å². The van der Waals surface area contributed by atoms with E-state index >= 15 is 0 Å². The average Bonchev–Trinajstić information content (AvgIpc) is 2.73. The summed E-state index contributed by atoms with van der Waals surface area (Å²) in [6.45, 7) is 2.72. The molecule has 0 spiro atoms. The second kappa shape index (κ2) is 5.37. The molecule has 1 atom stereocenters. The van der Waals surface area contributed by atoms with E-state index in [4.69, 9.17) is 0 Å². The largest absolute Gasteiger partial charge is 0.303 e. The molecule has 0 amide bonds. The van der Waals surface area contributed by atoms with Gasteiger partial charge >= 0.3 is 0 Å². The van der Waals surface area contributed by atoms with Crippen LogP contribution in [0.2, 0.25) is 0 Å². The summed E-state index contributed by atoms with van der Waals surface area (Å²) in [6.07, 6.45) is 0. The van der Waals surface area contributed by atoms with Crippen molar-refractivity contribution >= 4 is 15.9 Å². The van der Waals surface area contributed by atoms with Crippen molar-refractivity contribution in [3.05, 3.63) is 40.1 Å². The molecule has 0 aliphatic carbocycles. The molecule has 0 fully saturated rings. The second-order valence-electron chi connectivity index (χ2n) is 3.82. The third-order valence-corrected chi connectivity index (χ3v) is 3.21. The molecule has 90 valence electrons. The highest BCUT2D eigenvalue weighted by Crippen LogP contribution is 2.22. The van der Waals surface area contributed by atoms with Crippen LogP contribution in [0.4, 0.5) is 0 Å². The molecule has 0 aliphatic rings. The number of halogens is 1. The summed E-state index contributed by atoms with van der Waals surface area (Å²) in [5.74, 6) is 0.700. The van der Waals surface area contributed by atoms with Crippen molar-refractivity contribution in [3.63, 3.8) is 0 Å². The lowest BCUT2D eigenvalue weighted by Crippen LogP contribution is -2.19. The van der Waals surface area contributed by atoms with Gasteiger partial charge in [0.2, 0.25) is 0 Å². The molecule has 1 aromatic carbocycles. The Hall–Kier alpha value is -1.27. The minimum absolute atomic E-state index is 0.231. The van der Waals surface area contributed by atoms with Gasteiger partial charge in [-0.2, -0.15) is 4.80 Å². The molecule has 0 saturated heterocycles. The summed E-state index contributed by atoms with van der Waals surface area (Å²) >= 11 is 3.54. The lowest BCUT2D eigenvalue weighted by atomic mass is 10.1. The molecule has 6 heteroatoms. The smallest absolute Gasteiger partial charge is 0.188 e. The van der Waals surface area contributed by atoms with E-state index in [0.717, 1.165) is 4.47 Å². The van der Waals surface area contributed by atoms with E-state index in [1.807, 2.05) is 18.2 Å². The molecular weight excluding hydrogens is 282 g/mol. The van der Waals surface area contributed by atoms with E-state index in [-0.39, 0.29) is 6.04 Å². The topological polar surface area (TPSA) is 55.6 Å². The van der Waals surface area contributed by atoms with E-state index in [1.54, 1.807) is 7.05 Å². The van der Waals surface area contributed by atoms with E-state index in [2.05, 4.69) is 49.6 Å². The highest BCUT2D eigenvalue weighted by atomic mass is 79.9. The first-order valence-electron chi connectivity index (χ1n) is 5.37. The number of hydrogen-bond donors (Lipinski definition) is 1. The number of aromatic nitrogens is 4. The molecule has 0 aliphatic heterocycles. The first-order valence-corrected chi connectivity index (χ1v) is 6.17. The van der Waals surface area contributed by atoms with E-state index < -0.39 is 0 Å². The Morgan fingerprint density at radius 2 is 2.18 bits per heavy atom. The van der Waals surface area contributed by atoms with Crippen LogP contribution < -0.4 is 5.32 Å². The number of hydrogen-bond acceptors (Lipinski definition) is 4. The first kappa shape index (κ1) is 12.2. The van der Waals surface area contributed by atoms with Gasteiger partial charge in [0.1, 0.15) is 0 Å².